The van der Waals surface area contributed by atoms with Crippen molar-refractivity contribution in [3.8, 4) is 11.6 Å². The summed E-state index contributed by atoms with van der Waals surface area (Å²) in [4.78, 5) is 20.8. The number of amides is 1. The summed E-state index contributed by atoms with van der Waals surface area (Å²) in [5.74, 6) is -0.200. The molecule has 0 aliphatic carbocycles. The van der Waals surface area contributed by atoms with E-state index in [4.69, 9.17) is 0 Å². The van der Waals surface area contributed by atoms with Gasteiger partial charge in [-0.05, 0) is 42.5 Å². The molecule has 0 unspecified atom stereocenters. The summed E-state index contributed by atoms with van der Waals surface area (Å²) in [6.07, 6.45) is -0.117. The highest BCUT2D eigenvalue weighted by atomic mass is 19.4. The van der Waals surface area contributed by atoms with Gasteiger partial charge < -0.3 is 15.4 Å². The number of nitrogens with zero attached hydrogens (tertiary/aromatic N) is 4. The van der Waals surface area contributed by atoms with Gasteiger partial charge in [0, 0.05) is 29.8 Å². The van der Waals surface area contributed by atoms with E-state index in [9.17, 15) is 18.0 Å². The predicted octanol–water partition coefficient (Wildman–Crippen LogP) is 4.56. The normalized spacial score (nSPS) is 11.1. The number of halogens is 3. The Bertz CT molecular complexity index is 1210. The summed E-state index contributed by atoms with van der Waals surface area (Å²) in [6.45, 7) is 0. The highest BCUT2D eigenvalue weighted by Crippen LogP contribution is 2.27. The van der Waals surface area contributed by atoms with Gasteiger partial charge in [-0.1, -0.05) is 12.1 Å². The van der Waals surface area contributed by atoms with Crippen LogP contribution in [0.15, 0.2) is 79.4 Å². The van der Waals surface area contributed by atoms with E-state index in [0.29, 0.717) is 23.0 Å². The monoisotopic (exact) mass is 440 g/mol. The van der Waals surface area contributed by atoms with Crippen LogP contribution in [0.1, 0.15) is 10.4 Å². The second-order valence-electron chi connectivity index (χ2n) is 6.41. The Hall–Kier alpha value is -4.41. The molecule has 0 aliphatic rings. The number of anilines is 3. The molecule has 4 aromatic rings. The molecule has 32 heavy (non-hydrogen) atoms. The van der Waals surface area contributed by atoms with Crippen LogP contribution in [0, 0.1) is 0 Å². The fourth-order valence-corrected chi connectivity index (χ4v) is 2.80. The Kier molecular flexibility index (Phi) is 5.71. The number of hydrogen-bond acceptors (Lipinski definition) is 6. The van der Waals surface area contributed by atoms with Crippen molar-refractivity contribution >= 4 is 23.1 Å². The minimum Gasteiger partial charge on any atom is -0.405 e. The van der Waals surface area contributed by atoms with E-state index in [-0.39, 0.29) is 5.56 Å². The number of hydrogen-bond donors (Lipinski definition) is 2. The number of carbonyl (C=O) groups excluding carboxylic acids is 1. The lowest BCUT2D eigenvalue weighted by atomic mass is 10.2. The van der Waals surface area contributed by atoms with E-state index in [1.165, 1.54) is 24.5 Å². The lowest BCUT2D eigenvalue weighted by Gasteiger charge is -2.13. The summed E-state index contributed by atoms with van der Waals surface area (Å²) < 4.78 is 43.2. The standard InChI is InChI=1S/C21H15F3N6O2/c22-21(23,24)32-17-5-2-1-4-16(17)20(31)29-15-8-6-14(7-9-15)28-18-12-19(26-13-25-18)30-11-3-10-27-30/h1-13H,(H,29,31)(H,25,26,28). The molecule has 0 saturated carbocycles. The smallest absolute Gasteiger partial charge is 0.405 e. The fourth-order valence-electron chi connectivity index (χ4n) is 2.80. The quantitative estimate of drug-likeness (QED) is 0.457. The first-order valence-corrected chi connectivity index (χ1v) is 9.23. The Morgan fingerprint density at radius 3 is 2.44 bits per heavy atom. The van der Waals surface area contributed by atoms with Crippen molar-refractivity contribution in [1.82, 2.24) is 19.7 Å². The predicted molar refractivity (Wildman–Crippen MR) is 110 cm³/mol. The number of carbonyl (C=O) groups is 1. The summed E-state index contributed by atoms with van der Waals surface area (Å²) in [5.41, 5.74) is 0.829. The summed E-state index contributed by atoms with van der Waals surface area (Å²) in [7, 11) is 0. The van der Waals surface area contributed by atoms with Crippen molar-refractivity contribution in [2.24, 2.45) is 0 Å². The van der Waals surface area contributed by atoms with E-state index in [0.717, 1.165) is 6.07 Å². The minimum absolute atomic E-state index is 0.237. The second-order valence-corrected chi connectivity index (χ2v) is 6.41. The van der Waals surface area contributed by atoms with E-state index in [2.05, 4.69) is 30.4 Å². The molecule has 0 radical (unpaired) electrons. The van der Waals surface area contributed by atoms with Crippen LogP contribution in [0.25, 0.3) is 5.82 Å². The maximum absolute atomic E-state index is 12.6. The molecule has 2 N–H and O–H groups in total. The molecule has 2 aromatic heterocycles. The lowest BCUT2D eigenvalue weighted by Crippen LogP contribution is -2.20. The van der Waals surface area contributed by atoms with Crippen LogP contribution < -0.4 is 15.4 Å². The topological polar surface area (TPSA) is 94.0 Å². The number of nitrogens with one attached hydrogen (secondary N) is 2. The van der Waals surface area contributed by atoms with Crippen molar-refractivity contribution in [1.29, 1.82) is 0 Å². The number of rotatable bonds is 6. The number of alkyl halides is 3. The Morgan fingerprint density at radius 2 is 1.72 bits per heavy atom. The first-order valence-electron chi connectivity index (χ1n) is 9.23. The Morgan fingerprint density at radius 1 is 0.969 bits per heavy atom. The molecular weight excluding hydrogens is 425 g/mol. The fraction of sp³-hybridized carbons (Fsp3) is 0.0476. The van der Waals surface area contributed by atoms with Crippen LogP contribution in [0.3, 0.4) is 0 Å². The van der Waals surface area contributed by atoms with Crippen molar-refractivity contribution < 1.29 is 22.7 Å². The van der Waals surface area contributed by atoms with Gasteiger partial charge in [0.05, 0.1) is 5.56 Å². The summed E-state index contributed by atoms with van der Waals surface area (Å²) >= 11 is 0. The van der Waals surface area contributed by atoms with Crippen molar-refractivity contribution in [3.63, 3.8) is 0 Å². The highest BCUT2D eigenvalue weighted by Gasteiger charge is 2.32. The number of benzene rings is 2. The molecule has 8 nitrogen and oxygen atoms in total. The average molecular weight is 440 g/mol. The first kappa shape index (κ1) is 20.8. The molecular formula is C21H15F3N6O2. The zero-order valence-electron chi connectivity index (χ0n) is 16.2. The molecule has 11 heteroatoms. The molecule has 0 aliphatic heterocycles. The van der Waals surface area contributed by atoms with Crippen LogP contribution in [0.2, 0.25) is 0 Å². The molecule has 0 atom stereocenters. The molecule has 0 bridgehead atoms. The van der Waals surface area contributed by atoms with E-state index in [1.54, 1.807) is 53.5 Å². The molecule has 4 rings (SSSR count). The summed E-state index contributed by atoms with van der Waals surface area (Å²) in [6, 6.07) is 15.2. The molecule has 1 amide bonds. The Balaban J connectivity index is 1.44. The van der Waals surface area contributed by atoms with Crippen LogP contribution >= 0.6 is 0 Å². The summed E-state index contributed by atoms with van der Waals surface area (Å²) in [5, 5.41) is 9.77. The van der Waals surface area contributed by atoms with Gasteiger partial charge in [0.15, 0.2) is 5.82 Å². The van der Waals surface area contributed by atoms with E-state index < -0.39 is 18.0 Å². The molecule has 0 saturated heterocycles. The van der Waals surface area contributed by atoms with Gasteiger partial charge in [-0.15, -0.1) is 13.2 Å². The Labute approximate surface area is 179 Å². The molecule has 162 valence electrons. The van der Waals surface area contributed by atoms with E-state index in [1.807, 2.05) is 0 Å². The van der Waals surface area contributed by atoms with Gasteiger partial charge in [0.25, 0.3) is 5.91 Å². The number of aromatic nitrogens is 4. The molecule has 0 spiro atoms. The van der Waals surface area contributed by atoms with Crippen LogP contribution in [-0.4, -0.2) is 32.0 Å². The maximum atomic E-state index is 12.6. The van der Waals surface area contributed by atoms with Gasteiger partial charge in [0.1, 0.15) is 17.9 Å². The van der Waals surface area contributed by atoms with Crippen LogP contribution in [0.5, 0.6) is 5.75 Å². The van der Waals surface area contributed by atoms with Gasteiger partial charge in [0.2, 0.25) is 0 Å². The molecule has 0 fully saturated rings. The van der Waals surface area contributed by atoms with Crippen molar-refractivity contribution in [2.75, 3.05) is 10.6 Å². The van der Waals surface area contributed by atoms with Crippen molar-refractivity contribution in [3.05, 3.63) is 84.9 Å². The number of ether oxygens (including phenoxy) is 1. The highest BCUT2D eigenvalue weighted by molar-refractivity contribution is 6.06. The zero-order chi connectivity index (χ0) is 22.6. The van der Waals surface area contributed by atoms with Gasteiger partial charge in [-0.2, -0.15) is 5.10 Å². The minimum atomic E-state index is -4.90. The van der Waals surface area contributed by atoms with Crippen LogP contribution in [-0.2, 0) is 0 Å². The molecule has 2 heterocycles. The SMILES string of the molecule is O=C(Nc1ccc(Nc2cc(-n3cccn3)ncn2)cc1)c1ccccc1OC(F)(F)F. The second kappa shape index (κ2) is 8.76. The first-order chi connectivity index (χ1) is 15.4. The maximum Gasteiger partial charge on any atom is 0.573 e. The third-order valence-corrected chi connectivity index (χ3v) is 4.16. The average Bonchev–Trinajstić information content (AvgIpc) is 3.30. The lowest BCUT2D eigenvalue weighted by molar-refractivity contribution is -0.274. The van der Waals surface area contributed by atoms with E-state index >= 15 is 0 Å². The number of para-hydroxylation sites is 1. The third kappa shape index (κ3) is 5.19. The van der Waals surface area contributed by atoms with Gasteiger partial charge in [-0.25, -0.2) is 14.6 Å². The largest absolute Gasteiger partial charge is 0.573 e. The zero-order valence-corrected chi connectivity index (χ0v) is 16.2. The van der Waals surface area contributed by atoms with Crippen LogP contribution in [0.4, 0.5) is 30.4 Å². The van der Waals surface area contributed by atoms with Gasteiger partial charge in [-0.3, -0.25) is 4.79 Å². The van der Waals surface area contributed by atoms with Gasteiger partial charge >= 0.3 is 6.36 Å². The van der Waals surface area contributed by atoms with Crippen molar-refractivity contribution in [2.45, 2.75) is 6.36 Å². The third-order valence-electron chi connectivity index (χ3n) is 4.16. The molecule has 2 aromatic carbocycles.